The van der Waals surface area contributed by atoms with Crippen LogP contribution in [0.5, 0.6) is 0 Å². The van der Waals surface area contributed by atoms with Gasteiger partial charge in [-0.1, -0.05) is 13.0 Å². The van der Waals surface area contributed by atoms with E-state index in [-0.39, 0.29) is 5.54 Å². The molecule has 0 amide bonds. The van der Waals surface area contributed by atoms with E-state index in [1.807, 2.05) is 11.8 Å². The van der Waals surface area contributed by atoms with Gasteiger partial charge in [0, 0.05) is 10.9 Å². The number of hydrogen-bond donors (Lipinski definition) is 1. The predicted molar refractivity (Wildman–Crippen MR) is 90.7 cm³/mol. The Morgan fingerprint density at radius 3 is 2.67 bits per heavy atom. The summed E-state index contributed by atoms with van der Waals surface area (Å²) in [7, 11) is 0. The van der Waals surface area contributed by atoms with E-state index in [0.717, 1.165) is 25.0 Å². The van der Waals surface area contributed by atoms with Crippen molar-refractivity contribution in [1.82, 2.24) is 5.32 Å². The highest BCUT2D eigenvalue weighted by atomic mass is 32.2. The molecule has 1 unspecified atom stereocenters. The van der Waals surface area contributed by atoms with E-state index in [0.29, 0.717) is 6.04 Å². The largest absolute Gasteiger partial charge is 0.297 e. The minimum absolute atomic E-state index is 0.301. The number of nitrogens with zero attached hydrogens (tertiary/aromatic N) is 1. The molecule has 0 aliphatic heterocycles. The molecule has 1 aliphatic rings. The van der Waals surface area contributed by atoms with Gasteiger partial charge in [0.05, 0.1) is 6.07 Å². The van der Waals surface area contributed by atoms with Crippen molar-refractivity contribution in [2.45, 2.75) is 69.4 Å². The van der Waals surface area contributed by atoms with Crippen LogP contribution in [0.3, 0.4) is 0 Å². The maximum atomic E-state index is 9.52. The topological polar surface area (TPSA) is 35.8 Å². The van der Waals surface area contributed by atoms with Gasteiger partial charge in [-0.2, -0.15) is 5.26 Å². The Kier molecular flexibility index (Phi) is 5.72. The minimum Gasteiger partial charge on any atom is -0.297 e. The maximum absolute atomic E-state index is 9.52. The van der Waals surface area contributed by atoms with Crippen molar-refractivity contribution in [2.24, 2.45) is 0 Å². The van der Waals surface area contributed by atoms with Gasteiger partial charge in [-0.25, -0.2) is 0 Å². The van der Waals surface area contributed by atoms with Crippen LogP contribution in [0, 0.1) is 25.2 Å². The molecule has 0 spiro atoms. The van der Waals surface area contributed by atoms with Gasteiger partial charge in [-0.05, 0) is 75.0 Å². The zero-order valence-electron chi connectivity index (χ0n) is 13.4. The molecule has 0 bridgehead atoms. The van der Waals surface area contributed by atoms with Gasteiger partial charge in [0.2, 0.25) is 0 Å². The molecular formula is C18H26N2S. The molecule has 114 valence electrons. The van der Waals surface area contributed by atoms with Crippen LogP contribution in [0.2, 0.25) is 0 Å². The normalized spacial score (nSPS) is 17.2. The monoisotopic (exact) mass is 302 g/mol. The van der Waals surface area contributed by atoms with Gasteiger partial charge in [-0.3, -0.25) is 5.32 Å². The molecule has 1 saturated carbocycles. The Bertz CT molecular complexity index is 516. The zero-order chi connectivity index (χ0) is 15.3. The molecule has 21 heavy (non-hydrogen) atoms. The second-order valence-electron chi connectivity index (χ2n) is 6.16. The van der Waals surface area contributed by atoms with Gasteiger partial charge in [0.1, 0.15) is 5.54 Å². The maximum Gasteiger partial charge on any atom is 0.106 e. The molecule has 1 aromatic carbocycles. The second-order valence-corrected chi connectivity index (χ2v) is 7.33. The van der Waals surface area contributed by atoms with Crippen molar-refractivity contribution in [3.63, 3.8) is 0 Å². The van der Waals surface area contributed by atoms with E-state index in [4.69, 9.17) is 0 Å². The van der Waals surface area contributed by atoms with Gasteiger partial charge in [0.15, 0.2) is 0 Å². The predicted octanol–water partition coefficient (Wildman–Crippen LogP) is 4.60. The Labute approximate surface area is 133 Å². The lowest BCUT2D eigenvalue weighted by molar-refractivity contribution is 0.367. The fourth-order valence-corrected chi connectivity index (χ4v) is 3.45. The molecule has 1 N–H and O–H groups in total. The van der Waals surface area contributed by atoms with Crippen molar-refractivity contribution in [3.05, 3.63) is 29.3 Å². The molecule has 0 saturated heterocycles. The summed E-state index contributed by atoms with van der Waals surface area (Å²) < 4.78 is 0. The number of aryl methyl sites for hydroxylation is 2. The average molecular weight is 302 g/mol. The van der Waals surface area contributed by atoms with E-state index in [1.165, 1.54) is 28.9 Å². The molecule has 0 heterocycles. The number of rotatable bonds is 8. The van der Waals surface area contributed by atoms with Crippen molar-refractivity contribution in [2.75, 3.05) is 5.75 Å². The summed E-state index contributed by atoms with van der Waals surface area (Å²) in [4.78, 5) is 1.34. The van der Waals surface area contributed by atoms with E-state index < -0.39 is 0 Å². The Hall–Kier alpha value is -0.980. The van der Waals surface area contributed by atoms with Crippen LogP contribution in [-0.4, -0.2) is 17.3 Å². The highest BCUT2D eigenvalue weighted by Crippen LogP contribution is 2.28. The summed E-state index contributed by atoms with van der Waals surface area (Å²) in [6.45, 7) is 6.43. The lowest BCUT2D eigenvalue weighted by Crippen LogP contribution is -2.44. The SMILES string of the molecule is CCC(C#N)(CCCSc1ccc(C)c(C)c1)NC1CC1. The van der Waals surface area contributed by atoms with Gasteiger partial charge in [0.25, 0.3) is 0 Å². The first-order chi connectivity index (χ1) is 10.1. The van der Waals surface area contributed by atoms with Gasteiger partial charge < -0.3 is 0 Å². The van der Waals surface area contributed by atoms with Gasteiger partial charge in [-0.15, -0.1) is 11.8 Å². The standard InChI is InChI=1S/C18H26N2S/c1-4-18(13-19,20-16-7-8-16)10-5-11-21-17-9-6-14(2)15(3)12-17/h6,9,12,16,20H,4-5,7-8,10-11H2,1-3H3. The summed E-state index contributed by atoms with van der Waals surface area (Å²) >= 11 is 1.90. The van der Waals surface area contributed by atoms with E-state index in [1.54, 1.807) is 0 Å². The highest BCUT2D eigenvalue weighted by Gasteiger charge is 2.34. The fourth-order valence-electron chi connectivity index (χ4n) is 2.50. The molecule has 3 heteroatoms. The summed E-state index contributed by atoms with van der Waals surface area (Å²) in [6, 6.07) is 9.78. The molecule has 2 nitrogen and oxygen atoms in total. The third-order valence-corrected chi connectivity index (χ3v) is 5.45. The fraction of sp³-hybridized carbons (Fsp3) is 0.611. The first-order valence-corrected chi connectivity index (χ1v) is 8.96. The van der Waals surface area contributed by atoms with Crippen LogP contribution in [0.1, 0.15) is 50.2 Å². The molecular weight excluding hydrogens is 276 g/mol. The molecule has 0 aromatic heterocycles. The number of hydrogen-bond acceptors (Lipinski definition) is 3. The summed E-state index contributed by atoms with van der Waals surface area (Å²) in [6.07, 6.45) is 5.41. The summed E-state index contributed by atoms with van der Waals surface area (Å²) in [5.74, 6) is 1.08. The first-order valence-electron chi connectivity index (χ1n) is 7.97. The zero-order valence-corrected chi connectivity index (χ0v) is 14.2. The number of benzene rings is 1. The minimum atomic E-state index is -0.301. The summed E-state index contributed by atoms with van der Waals surface area (Å²) in [5, 5.41) is 13.1. The molecule has 1 aromatic rings. The third-order valence-electron chi connectivity index (χ3n) is 4.37. The number of thioether (sulfide) groups is 1. The lowest BCUT2D eigenvalue weighted by Gasteiger charge is -2.26. The van der Waals surface area contributed by atoms with Crippen molar-refractivity contribution in [1.29, 1.82) is 5.26 Å². The van der Waals surface area contributed by atoms with Crippen LogP contribution < -0.4 is 5.32 Å². The molecule has 1 fully saturated rings. The number of nitriles is 1. The first kappa shape index (κ1) is 16.4. The van der Waals surface area contributed by atoms with Crippen molar-refractivity contribution >= 4 is 11.8 Å². The van der Waals surface area contributed by atoms with E-state index in [2.05, 4.69) is 50.4 Å². The molecule has 0 radical (unpaired) electrons. The van der Waals surface area contributed by atoms with E-state index >= 15 is 0 Å². The Balaban J connectivity index is 1.79. The van der Waals surface area contributed by atoms with Crippen molar-refractivity contribution in [3.8, 4) is 6.07 Å². The van der Waals surface area contributed by atoms with Gasteiger partial charge >= 0.3 is 0 Å². The van der Waals surface area contributed by atoms with Crippen LogP contribution >= 0.6 is 11.8 Å². The van der Waals surface area contributed by atoms with Crippen LogP contribution in [0.15, 0.2) is 23.1 Å². The number of nitrogens with one attached hydrogen (secondary N) is 1. The quantitative estimate of drug-likeness (QED) is 0.563. The second kappa shape index (κ2) is 7.33. The van der Waals surface area contributed by atoms with Crippen LogP contribution in [0.4, 0.5) is 0 Å². The van der Waals surface area contributed by atoms with Crippen molar-refractivity contribution < 1.29 is 0 Å². The Morgan fingerprint density at radius 2 is 2.10 bits per heavy atom. The summed E-state index contributed by atoms with van der Waals surface area (Å²) in [5.41, 5.74) is 2.41. The molecule has 1 aliphatic carbocycles. The third kappa shape index (κ3) is 4.76. The van der Waals surface area contributed by atoms with E-state index in [9.17, 15) is 5.26 Å². The smallest absolute Gasteiger partial charge is 0.106 e. The van der Waals surface area contributed by atoms with Crippen LogP contribution in [-0.2, 0) is 0 Å². The lowest BCUT2D eigenvalue weighted by atomic mass is 9.92. The highest BCUT2D eigenvalue weighted by molar-refractivity contribution is 7.99. The molecule has 2 rings (SSSR count). The van der Waals surface area contributed by atoms with Crippen LogP contribution in [0.25, 0.3) is 0 Å². The molecule has 1 atom stereocenters. The average Bonchev–Trinajstić information content (AvgIpc) is 3.30. The Morgan fingerprint density at radius 1 is 1.33 bits per heavy atom.